The number of nitrogens with zero attached hydrogens (tertiary/aromatic N) is 3. The molecule has 0 bridgehead atoms. The fraction of sp³-hybridized carbons (Fsp3) is 0.211. The smallest absolute Gasteiger partial charge is 0.262 e. The molecule has 0 fully saturated rings. The summed E-state index contributed by atoms with van der Waals surface area (Å²) in [7, 11) is 0. The predicted molar refractivity (Wildman–Crippen MR) is 98.5 cm³/mol. The Kier molecular flexibility index (Phi) is 6.71. The number of benzene rings is 2. The zero-order valence-electron chi connectivity index (χ0n) is 14.4. The van der Waals surface area contributed by atoms with Gasteiger partial charge >= 0.3 is 0 Å². The van der Waals surface area contributed by atoms with Gasteiger partial charge in [0.25, 0.3) is 5.91 Å². The Labute approximate surface area is 147 Å². The van der Waals surface area contributed by atoms with E-state index in [-0.39, 0.29) is 24.7 Å². The van der Waals surface area contributed by atoms with Crippen LogP contribution in [0.4, 0.5) is 5.69 Å². The number of hydrogen-bond acceptors (Lipinski definition) is 4. The molecule has 0 heterocycles. The van der Waals surface area contributed by atoms with Crippen LogP contribution in [0.5, 0.6) is 0 Å². The molecule has 2 rings (SSSR count). The Morgan fingerprint density at radius 3 is 2.12 bits per heavy atom. The van der Waals surface area contributed by atoms with E-state index >= 15 is 0 Å². The Balaban J connectivity index is 2.39. The molecule has 0 aliphatic carbocycles. The second kappa shape index (κ2) is 9.22. The number of hydrazone groups is 1. The lowest BCUT2D eigenvalue weighted by Gasteiger charge is -2.31. The van der Waals surface area contributed by atoms with Crippen LogP contribution in [-0.4, -0.2) is 23.1 Å². The number of rotatable bonds is 6. The molecule has 0 aromatic heterocycles. The van der Waals surface area contributed by atoms with E-state index in [1.807, 2.05) is 60.7 Å². The first-order valence-electron chi connectivity index (χ1n) is 8.22. The van der Waals surface area contributed by atoms with E-state index in [2.05, 4.69) is 10.5 Å². The molecule has 0 saturated carbocycles. The van der Waals surface area contributed by atoms with Gasteiger partial charge in [-0.1, -0.05) is 62.4 Å². The number of nitrogens with one attached hydrogen (secondary N) is 1. The number of hydrogen-bond donors (Lipinski definition) is 1. The fourth-order valence-corrected chi connectivity index (χ4v) is 2.02. The zero-order chi connectivity index (χ0) is 18.1. The highest BCUT2D eigenvalue weighted by atomic mass is 16.2. The average molecular weight is 338 g/mol. The molecule has 130 valence electrons. The lowest BCUT2D eigenvalue weighted by Crippen LogP contribution is -2.54. The maximum atomic E-state index is 12.4. The maximum absolute atomic E-state index is 12.4. The van der Waals surface area contributed by atoms with Crippen LogP contribution in [0.2, 0.25) is 0 Å². The summed E-state index contributed by atoms with van der Waals surface area (Å²) in [5, 5.41) is 6.97. The highest BCUT2D eigenvalue weighted by molar-refractivity contribution is 5.84. The zero-order valence-corrected chi connectivity index (χ0v) is 14.4. The second-order valence-corrected chi connectivity index (χ2v) is 5.23. The standard InChI is InChI=1S/C19H22N4O2/c1-3-18(24)21-23(19(25)4-2)22(17-13-9-6-10-14-17)20-15-16-11-7-5-8-12-16/h5-15H,3-4H2,1-2H3,(H,21,24)/b20-15+. The van der Waals surface area contributed by atoms with Gasteiger partial charge in [-0.15, -0.1) is 5.12 Å². The minimum Gasteiger partial charge on any atom is -0.273 e. The molecule has 2 aromatic rings. The SMILES string of the molecule is CCC(=O)NN(C(=O)CC)N(/N=C/c1ccccc1)c1ccccc1. The molecular weight excluding hydrogens is 316 g/mol. The molecule has 0 aliphatic heterocycles. The van der Waals surface area contributed by atoms with Gasteiger partial charge < -0.3 is 0 Å². The lowest BCUT2D eigenvalue weighted by molar-refractivity contribution is -0.142. The van der Waals surface area contributed by atoms with Gasteiger partial charge in [-0.05, 0) is 17.7 Å². The summed E-state index contributed by atoms with van der Waals surface area (Å²) < 4.78 is 0. The van der Waals surface area contributed by atoms with Gasteiger partial charge in [-0.25, -0.2) is 5.43 Å². The van der Waals surface area contributed by atoms with Crippen LogP contribution in [0.1, 0.15) is 32.3 Å². The van der Waals surface area contributed by atoms with Crippen LogP contribution in [0, 0.1) is 0 Å². The van der Waals surface area contributed by atoms with Gasteiger partial charge in [-0.2, -0.15) is 10.2 Å². The topological polar surface area (TPSA) is 65.0 Å². The predicted octanol–water partition coefficient (Wildman–Crippen LogP) is 3.12. The highest BCUT2D eigenvalue weighted by Gasteiger charge is 2.22. The van der Waals surface area contributed by atoms with E-state index in [0.29, 0.717) is 5.69 Å². The summed E-state index contributed by atoms with van der Waals surface area (Å²) >= 11 is 0. The average Bonchev–Trinajstić information content (AvgIpc) is 2.68. The minimum absolute atomic E-state index is 0.230. The number of anilines is 1. The van der Waals surface area contributed by atoms with Crippen molar-refractivity contribution in [3.8, 4) is 0 Å². The van der Waals surface area contributed by atoms with Crippen molar-refractivity contribution in [3.05, 3.63) is 66.2 Å². The van der Waals surface area contributed by atoms with Gasteiger partial charge in [-0.3, -0.25) is 9.59 Å². The van der Waals surface area contributed by atoms with Gasteiger partial charge in [0, 0.05) is 12.8 Å². The number of carbonyl (C=O) groups excluding carboxylic acids is 2. The van der Waals surface area contributed by atoms with Crippen molar-refractivity contribution in [2.24, 2.45) is 5.10 Å². The third kappa shape index (κ3) is 5.17. The quantitative estimate of drug-likeness (QED) is 0.650. The maximum Gasteiger partial charge on any atom is 0.262 e. The summed E-state index contributed by atoms with van der Waals surface area (Å²) in [6.45, 7) is 3.46. The fourth-order valence-electron chi connectivity index (χ4n) is 2.02. The van der Waals surface area contributed by atoms with Crippen molar-refractivity contribution in [1.29, 1.82) is 0 Å². The van der Waals surface area contributed by atoms with Crippen molar-refractivity contribution in [1.82, 2.24) is 10.5 Å². The summed E-state index contributed by atoms with van der Waals surface area (Å²) in [6.07, 6.45) is 2.13. The molecule has 25 heavy (non-hydrogen) atoms. The largest absolute Gasteiger partial charge is 0.273 e. The van der Waals surface area contributed by atoms with Gasteiger partial charge in [0.1, 0.15) is 0 Å². The van der Waals surface area contributed by atoms with Crippen LogP contribution < -0.4 is 10.5 Å². The van der Waals surface area contributed by atoms with Crippen molar-refractivity contribution in [2.75, 3.05) is 5.12 Å². The number of carbonyl (C=O) groups is 2. The molecule has 2 amide bonds. The van der Waals surface area contributed by atoms with E-state index in [0.717, 1.165) is 10.7 Å². The first-order valence-corrected chi connectivity index (χ1v) is 8.22. The molecular formula is C19H22N4O2. The van der Waals surface area contributed by atoms with Gasteiger partial charge in [0.05, 0.1) is 11.9 Å². The Morgan fingerprint density at radius 1 is 0.960 bits per heavy atom. The van der Waals surface area contributed by atoms with Crippen LogP contribution in [0.25, 0.3) is 0 Å². The third-order valence-electron chi connectivity index (χ3n) is 3.38. The number of hydrazine groups is 2. The van der Waals surface area contributed by atoms with E-state index < -0.39 is 0 Å². The first kappa shape index (κ1) is 18.2. The summed E-state index contributed by atoms with van der Waals surface area (Å²) in [6, 6.07) is 18.7. The van der Waals surface area contributed by atoms with Crippen molar-refractivity contribution >= 4 is 23.7 Å². The number of amides is 2. The Morgan fingerprint density at radius 2 is 1.56 bits per heavy atom. The molecule has 0 atom stereocenters. The Hall–Kier alpha value is -3.15. The highest BCUT2D eigenvalue weighted by Crippen LogP contribution is 2.16. The van der Waals surface area contributed by atoms with Gasteiger partial charge in [0.2, 0.25) is 5.91 Å². The van der Waals surface area contributed by atoms with Crippen LogP contribution in [-0.2, 0) is 9.59 Å². The first-order chi connectivity index (χ1) is 12.2. The summed E-state index contributed by atoms with van der Waals surface area (Å²) in [4.78, 5) is 24.3. The summed E-state index contributed by atoms with van der Waals surface area (Å²) in [5.74, 6) is -0.534. The molecule has 0 radical (unpaired) electrons. The molecule has 0 aliphatic rings. The normalized spacial score (nSPS) is 10.5. The molecule has 0 saturated heterocycles. The second-order valence-electron chi connectivity index (χ2n) is 5.23. The monoisotopic (exact) mass is 338 g/mol. The number of para-hydroxylation sites is 1. The van der Waals surface area contributed by atoms with Gasteiger partial charge in [0.15, 0.2) is 0 Å². The lowest BCUT2D eigenvalue weighted by atomic mass is 10.2. The molecule has 0 spiro atoms. The summed E-state index contributed by atoms with van der Waals surface area (Å²) in [5.41, 5.74) is 4.15. The van der Waals surface area contributed by atoms with Crippen molar-refractivity contribution < 1.29 is 9.59 Å². The molecule has 2 aromatic carbocycles. The third-order valence-corrected chi connectivity index (χ3v) is 3.38. The van der Waals surface area contributed by atoms with Crippen molar-refractivity contribution in [3.63, 3.8) is 0 Å². The molecule has 0 unspecified atom stereocenters. The minimum atomic E-state index is -0.268. The van der Waals surface area contributed by atoms with E-state index in [4.69, 9.17) is 0 Å². The molecule has 1 N–H and O–H groups in total. The van der Waals surface area contributed by atoms with E-state index in [1.165, 1.54) is 5.12 Å². The molecule has 6 heteroatoms. The van der Waals surface area contributed by atoms with E-state index in [9.17, 15) is 9.59 Å². The van der Waals surface area contributed by atoms with Crippen LogP contribution in [0.15, 0.2) is 65.8 Å². The van der Waals surface area contributed by atoms with Crippen LogP contribution in [0.3, 0.4) is 0 Å². The van der Waals surface area contributed by atoms with E-state index in [1.54, 1.807) is 20.1 Å². The Bertz CT molecular complexity index is 717. The van der Waals surface area contributed by atoms with Crippen LogP contribution >= 0.6 is 0 Å². The molecule has 6 nitrogen and oxygen atoms in total. The van der Waals surface area contributed by atoms with Crippen molar-refractivity contribution in [2.45, 2.75) is 26.7 Å².